The second-order valence-corrected chi connectivity index (χ2v) is 3.01. The van der Waals surface area contributed by atoms with Crippen molar-refractivity contribution in [3.63, 3.8) is 0 Å². The Hall–Kier alpha value is -2.15. The van der Waals surface area contributed by atoms with E-state index in [1.165, 1.54) is 6.20 Å². The Morgan fingerprint density at radius 2 is 2.43 bits per heavy atom. The van der Waals surface area contributed by atoms with Gasteiger partial charge in [0.25, 0.3) is 0 Å². The minimum absolute atomic E-state index is 0.457. The average molecular weight is 185 g/mol. The average Bonchev–Trinajstić information content (AvgIpc) is 2.62. The molecule has 0 radical (unpaired) electrons. The molecule has 4 heteroatoms. The third-order valence-corrected chi connectivity index (χ3v) is 2.21. The molecule has 0 aromatic carbocycles. The maximum atomic E-state index is 10.6. The summed E-state index contributed by atoms with van der Waals surface area (Å²) in [4.78, 5) is 17.5. The number of aryl methyl sites for hydroxylation is 1. The topological polar surface area (TPSA) is 69.5 Å². The van der Waals surface area contributed by atoms with Gasteiger partial charge in [0.2, 0.25) is 0 Å². The molecule has 0 spiro atoms. The van der Waals surface area contributed by atoms with Crippen molar-refractivity contribution in [1.82, 2.24) is 9.97 Å². The van der Waals surface area contributed by atoms with Gasteiger partial charge in [0.15, 0.2) is 6.29 Å². The first-order valence-electron chi connectivity index (χ1n) is 4.10. The number of aldehydes is 1. The van der Waals surface area contributed by atoms with E-state index >= 15 is 0 Å². The lowest BCUT2D eigenvalue weighted by atomic mass is 10.1. The van der Waals surface area contributed by atoms with Crippen molar-refractivity contribution < 1.29 is 4.79 Å². The number of aromatic amines is 1. The molecule has 0 bridgehead atoms. The van der Waals surface area contributed by atoms with E-state index in [0.717, 1.165) is 17.2 Å². The van der Waals surface area contributed by atoms with Crippen LogP contribution in [-0.4, -0.2) is 16.3 Å². The summed E-state index contributed by atoms with van der Waals surface area (Å²) in [6, 6.07) is 3.70. The monoisotopic (exact) mass is 185 g/mol. The number of H-pyrrole nitrogens is 1. The Labute approximate surface area is 80.2 Å². The summed E-state index contributed by atoms with van der Waals surface area (Å²) in [5.74, 6) is 0. The number of carbonyl (C=O) groups is 1. The zero-order valence-electron chi connectivity index (χ0n) is 7.53. The van der Waals surface area contributed by atoms with Crippen molar-refractivity contribution >= 4 is 17.3 Å². The molecule has 0 fully saturated rings. The summed E-state index contributed by atoms with van der Waals surface area (Å²) in [7, 11) is 0. The van der Waals surface area contributed by atoms with Gasteiger partial charge < -0.3 is 4.98 Å². The standard InChI is InChI=1S/C10H7N3O/c1-6-7(5-14)4-12-10-9(6)2-8(3-11)13-10/h2,4-5H,1H3,(H,12,13). The fraction of sp³-hybridized carbons (Fsp3) is 0.100. The zero-order chi connectivity index (χ0) is 10.1. The molecule has 14 heavy (non-hydrogen) atoms. The van der Waals surface area contributed by atoms with Gasteiger partial charge in [-0.15, -0.1) is 0 Å². The largest absolute Gasteiger partial charge is 0.331 e. The Morgan fingerprint density at radius 1 is 1.64 bits per heavy atom. The van der Waals surface area contributed by atoms with Crippen LogP contribution in [0.1, 0.15) is 21.6 Å². The molecule has 0 saturated heterocycles. The molecule has 1 N–H and O–H groups in total. The highest BCUT2D eigenvalue weighted by atomic mass is 16.1. The molecule has 0 amide bonds. The quantitative estimate of drug-likeness (QED) is 0.685. The number of nitrogens with one attached hydrogen (secondary N) is 1. The lowest BCUT2D eigenvalue weighted by molar-refractivity contribution is 0.112. The maximum Gasteiger partial charge on any atom is 0.151 e. The van der Waals surface area contributed by atoms with E-state index in [1.807, 2.05) is 13.0 Å². The Kier molecular flexibility index (Phi) is 1.79. The summed E-state index contributed by atoms with van der Waals surface area (Å²) in [5, 5.41) is 9.50. The molecule has 0 atom stereocenters. The third-order valence-electron chi connectivity index (χ3n) is 2.21. The van der Waals surface area contributed by atoms with Crippen LogP contribution in [0.25, 0.3) is 11.0 Å². The number of nitrogens with zero attached hydrogens (tertiary/aromatic N) is 2. The van der Waals surface area contributed by atoms with Gasteiger partial charge in [-0.1, -0.05) is 0 Å². The van der Waals surface area contributed by atoms with Crippen molar-refractivity contribution in [1.29, 1.82) is 5.26 Å². The normalized spacial score (nSPS) is 10.0. The van der Waals surface area contributed by atoms with Gasteiger partial charge >= 0.3 is 0 Å². The van der Waals surface area contributed by atoms with E-state index in [1.54, 1.807) is 6.07 Å². The van der Waals surface area contributed by atoms with E-state index in [4.69, 9.17) is 5.26 Å². The summed E-state index contributed by atoms with van der Waals surface area (Å²) < 4.78 is 0. The first-order chi connectivity index (χ1) is 6.76. The van der Waals surface area contributed by atoms with Crippen LogP contribution < -0.4 is 0 Å². The van der Waals surface area contributed by atoms with Crippen molar-refractivity contribution in [2.75, 3.05) is 0 Å². The van der Waals surface area contributed by atoms with Crippen LogP contribution in [0, 0.1) is 18.3 Å². The molecule has 2 aromatic rings. The number of nitriles is 1. The number of hydrogen-bond acceptors (Lipinski definition) is 3. The third kappa shape index (κ3) is 1.07. The fourth-order valence-electron chi connectivity index (χ4n) is 1.40. The molecule has 2 heterocycles. The van der Waals surface area contributed by atoms with Crippen LogP contribution in [0.3, 0.4) is 0 Å². The van der Waals surface area contributed by atoms with Gasteiger partial charge in [0, 0.05) is 17.1 Å². The molecular weight excluding hydrogens is 178 g/mol. The van der Waals surface area contributed by atoms with Gasteiger partial charge in [-0.05, 0) is 18.6 Å². The highest BCUT2D eigenvalue weighted by molar-refractivity contribution is 5.89. The maximum absolute atomic E-state index is 10.6. The van der Waals surface area contributed by atoms with Crippen LogP contribution in [0.15, 0.2) is 12.3 Å². The van der Waals surface area contributed by atoms with E-state index in [9.17, 15) is 4.79 Å². The second-order valence-electron chi connectivity index (χ2n) is 3.01. The van der Waals surface area contributed by atoms with Crippen molar-refractivity contribution in [3.05, 3.63) is 29.1 Å². The second kappa shape index (κ2) is 2.96. The van der Waals surface area contributed by atoms with Crippen LogP contribution in [0.5, 0.6) is 0 Å². The highest BCUT2D eigenvalue weighted by Gasteiger charge is 2.07. The smallest absolute Gasteiger partial charge is 0.151 e. The van der Waals surface area contributed by atoms with Gasteiger partial charge in [-0.2, -0.15) is 5.26 Å². The van der Waals surface area contributed by atoms with E-state index in [2.05, 4.69) is 9.97 Å². The van der Waals surface area contributed by atoms with Crippen LogP contribution >= 0.6 is 0 Å². The summed E-state index contributed by atoms with van der Waals surface area (Å²) in [6.07, 6.45) is 2.27. The first kappa shape index (κ1) is 8.45. The van der Waals surface area contributed by atoms with Crippen molar-refractivity contribution in [3.8, 4) is 6.07 Å². The van der Waals surface area contributed by atoms with Crippen molar-refractivity contribution in [2.45, 2.75) is 6.92 Å². The minimum atomic E-state index is 0.457. The molecule has 2 aromatic heterocycles. The summed E-state index contributed by atoms with van der Waals surface area (Å²) in [6.45, 7) is 1.84. The van der Waals surface area contributed by atoms with E-state index in [0.29, 0.717) is 16.9 Å². The first-order valence-corrected chi connectivity index (χ1v) is 4.10. The molecular formula is C10H7N3O. The Balaban J connectivity index is 2.83. The SMILES string of the molecule is Cc1c(C=O)cnc2[nH]c(C#N)cc12. The molecule has 2 rings (SSSR count). The predicted octanol–water partition coefficient (Wildman–Crippen LogP) is 1.56. The number of carbonyl (C=O) groups excluding carboxylic acids is 1. The lowest BCUT2D eigenvalue weighted by Crippen LogP contribution is -1.89. The van der Waals surface area contributed by atoms with E-state index in [-0.39, 0.29) is 0 Å². The number of aromatic nitrogens is 2. The molecule has 0 saturated carbocycles. The Morgan fingerprint density at radius 3 is 3.07 bits per heavy atom. The highest BCUT2D eigenvalue weighted by Crippen LogP contribution is 2.19. The van der Waals surface area contributed by atoms with Crippen LogP contribution in [0.2, 0.25) is 0 Å². The van der Waals surface area contributed by atoms with Gasteiger partial charge in [0.1, 0.15) is 17.4 Å². The van der Waals surface area contributed by atoms with Gasteiger partial charge in [-0.25, -0.2) is 4.98 Å². The summed E-state index contributed by atoms with van der Waals surface area (Å²) in [5.41, 5.74) is 2.51. The minimum Gasteiger partial charge on any atom is -0.331 e. The predicted molar refractivity (Wildman–Crippen MR) is 50.9 cm³/mol. The summed E-state index contributed by atoms with van der Waals surface area (Å²) >= 11 is 0. The fourth-order valence-corrected chi connectivity index (χ4v) is 1.40. The van der Waals surface area contributed by atoms with Crippen LogP contribution in [0.4, 0.5) is 0 Å². The number of pyridine rings is 1. The van der Waals surface area contributed by atoms with Gasteiger partial charge in [-0.3, -0.25) is 4.79 Å². The lowest BCUT2D eigenvalue weighted by Gasteiger charge is -1.97. The van der Waals surface area contributed by atoms with Gasteiger partial charge in [0.05, 0.1) is 0 Å². The zero-order valence-corrected chi connectivity index (χ0v) is 7.53. The Bertz CT molecular complexity index is 548. The molecule has 4 nitrogen and oxygen atoms in total. The molecule has 0 aliphatic carbocycles. The van der Waals surface area contributed by atoms with E-state index < -0.39 is 0 Å². The van der Waals surface area contributed by atoms with Crippen LogP contribution in [-0.2, 0) is 0 Å². The number of hydrogen-bond donors (Lipinski definition) is 1. The molecule has 68 valence electrons. The van der Waals surface area contributed by atoms with Crippen molar-refractivity contribution in [2.24, 2.45) is 0 Å². The number of rotatable bonds is 1. The molecule has 0 aliphatic heterocycles. The molecule has 0 aliphatic rings. The number of fused-ring (bicyclic) bond motifs is 1. The molecule has 0 unspecified atom stereocenters.